The summed E-state index contributed by atoms with van der Waals surface area (Å²) < 4.78 is 7.40. The molecule has 0 amide bonds. The van der Waals surface area contributed by atoms with E-state index in [1.807, 2.05) is 12.1 Å². The van der Waals surface area contributed by atoms with E-state index in [2.05, 4.69) is 44.2 Å². The maximum atomic E-state index is 5.34. The predicted molar refractivity (Wildman–Crippen MR) is 110 cm³/mol. The highest BCUT2D eigenvalue weighted by Gasteiger charge is 2.03. The van der Waals surface area contributed by atoms with Gasteiger partial charge in [0.15, 0.2) is 5.96 Å². The van der Waals surface area contributed by atoms with Crippen molar-refractivity contribution in [3.05, 3.63) is 36.3 Å². The summed E-state index contributed by atoms with van der Waals surface area (Å²) in [6, 6.07) is 3.81. The van der Waals surface area contributed by atoms with Crippen LogP contribution in [0.3, 0.4) is 0 Å². The number of rotatable bonds is 10. The van der Waals surface area contributed by atoms with Gasteiger partial charge >= 0.3 is 0 Å². The molecule has 0 aromatic carbocycles. The maximum Gasteiger partial charge on any atom is 0.191 e. The first-order valence-electron chi connectivity index (χ1n) is 8.74. The van der Waals surface area contributed by atoms with Gasteiger partial charge in [-0.25, -0.2) is 4.99 Å². The Kier molecular flexibility index (Phi) is 10.9. The van der Waals surface area contributed by atoms with Gasteiger partial charge in [0.05, 0.1) is 6.26 Å². The highest BCUT2D eigenvalue weighted by atomic mass is 127. The lowest BCUT2D eigenvalue weighted by Crippen LogP contribution is -2.39. The number of hydrogen-bond acceptors (Lipinski definition) is 4. The van der Waals surface area contributed by atoms with E-state index in [4.69, 9.17) is 4.42 Å². The third-order valence-electron chi connectivity index (χ3n) is 3.70. The van der Waals surface area contributed by atoms with Gasteiger partial charge in [0.2, 0.25) is 0 Å². The number of halogens is 1. The van der Waals surface area contributed by atoms with E-state index in [0.717, 1.165) is 50.0 Å². The van der Waals surface area contributed by atoms with Gasteiger partial charge in [0.25, 0.3) is 0 Å². The second kappa shape index (κ2) is 12.7. The smallest absolute Gasteiger partial charge is 0.191 e. The lowest BCUT2D eigenvalue weighted by atomic mass is 10.2. The molecule has 0 spiro atoms. The molecular weight excluding hydrogens is 431 g/mol. The molecule has 0 aliphatic carbocycles. The van der Waals surface area contributed by atoms with Gasteiger partial charge in [-0.1, -0.05) is 26.7 Å². The molecule has 2 aromatic rings. The molecule has 2 N–H and O–H groups in total. The summed E-state index contributed by atoms with van der Waals surface area (Å²) in [7, 11) is 0. The zero-order valence-corrected chi connectivity index (χ0v) is 17.4. The van der Waals surface area contributed by atoms with E-state index in [0.29, 0.717) is 6.54 Å². The SMILES string of the molecule is CCCCCNC(=NCc1ccco1)NCCn1cnnc1CC.I. The van der Waals surface area contributed by atoms with Crippen LogP contribution in [0.25, 0.3) is 0 Å². The molecule has 2 rings (SSSR count). The third-order valence-corrected chi connectivity index (χ3v) is 3.70. The summed E-state index contributed by atoms with van der Waals surface area (Å²) in [6.07, 6.45) is 7.90. The molecule has 0 saturated carbocycles. The molecule has 0 unspecified atom stereocenters. The average Bonchev–Trinajstić information content (AvgIpc) is 3.27. The molecule has 2 aromatic heterocycles. The molecule has 0 radical (unpaired) electrons. The Balaban J connectivity index is 0.00000312. The van der Waals surface area contributed by atoms with Crippen molar-refractivity contribution < 1.29 is 4.42 Å². The molecule has 0 aliphatic heterocycles. The van der Waals surface area contributed by atoms with Crippen molar-refractivity contribution in [2.45, 2.75) is 52.6 Å². The van der Waals surface area contributed by atoms with Gasteiger partial charge in [0, 0.05) is 26.1 Å². The molecule has 140 valence electrons. The zero-order valence-electron chi connectivity index (χ0n) is 15.1. The van der Waals surface area contributed by atoms with Crippen molar-refractivity contribution in [3.63, 3.8) is 0 Å². The van der Waals surface area contributed by atoms with Crippen molar-refractivity contribution in [2.24, 2.45) is 4.99 Å². The van der Waals surface area contributed by atoms with Gasteiger partial charge in [-0.3, -0.25) is 0 Å². The first-order valence-corrected chi connectivity index (χ1v) is 8.74. The normalized spacial score (nSPS) is 11.2. The molecule has 0 fully saturated rings. The summed E-state index contributed by atoms with van der Waals surface area (Å²) in [6.45, 7) is 7.32. The van der Waals surface area contributed by atoms with E-state index in [1.165, 1.54) is 12.8 Å². The summed E-state index contributed by atoms with van der Waals surface area (Å²) >= 11 is 0. The predicted octanol–water partition coefficient (Wildman–Crippen LogP) is 2.98. The quantitative estimate of drug-likeness (QED) is 0.247. The molecule has 7 nitrogen and oxygen atoms in total. The minimum Gasteiger partial charge on any atom is -0.467 e. The van der Waals surface area contributed by atoms with E-state index in [-0.39, 0.29) is 24.0 Å². The van der Waals surface area contributed by atoms with Crippen LogP contribution >= 0.6 is 24.0 Å². The number of aliphatic imine (C=N–C) groups is 1. The first-order chi connectivity index (χ1) is 11.8. The Bertz CT molecular complexity index is 596. The molecule has 0 saturated heterocycles. The van der Waals surface area contributed by atoms with Crippen LogP contribution in [-0.4, -0.2) is 33.8 Å². The Hall–Kier alpha value is -1.58. The van der Waals surface area contributed by atoms with E-state index in [9.17, 15) is 0 Å². The second-order valence-corrected chi connectivity index (χ2v) is 5.60. The highest BCUT2D eigenvalue weighted by Crippen LogP contribution is 2.01. The summed E-state index contributed by atoms with van der Waals surface area (Å²) in [4.78, 5) is 4.59. The largest absolute Gasteiger partial charge is 0.467 e. The second-order valence-electron chi connectivity index (χ2n) is 5.60. The van der Waals surface area contributed by atoms with E-state index in [1.54, 1.807) is 12.6 Å². The minimum atomic E-state index is 0. The molecule has 0 aliphatic rings. The summed E-state index contributed by atoms with van der Waals surface area (Å²) in [5, 5.41) is 14.8. The van der Waals surface area contributed by atoms with Gasteiger partial charge in [0.1, 0.15) is 24.5 Å². The van der Waals surface area contributed by atoms with Crippen LogP contribution in [-0.2, 0) is 19.5 Å². The first kappa shape index (κ1) is 21.5. The third kappa shape index (κ3) is 7.89. The van der Waals surface area contributed by atoms with Crippen LogP contribution in [0.15, 0.2) is 34.1 Å². The fraction of sp³-hybridized carbons (Fsp3) is 0.588. The van der Waals surface area contributed by atoms with Crippen LogP contribution in [0, 0.1) is 0 Å². The monoisotopic (exact) mass is 460 g/mol. The zero-order chi connectivity index (χ0) is 17.0. The molecule has 25 heavy (non-hydrogen) atoms. The van der Waals surface area contributed by atoms with Crippen molar-refractivity contribution in [2.75, 3.05) is 13.1 Å². The van der Waals surface area contributed by atoms with Gasteiger partial charge in [-0.2, -0.15) is 0 Å². The Morgan fingerprint density at radius 2 is 2.08 bits per heavy atom. The van der Waals surface area contributed by atoms with Gasteiger partial charge in [-0.15, -0.1) is 34.2 Å². The standard InChI is InChI=1S/C17H28N6O.HI/c1-3-5-6-9-18-17(20-13-15-8-7-12-24-15)19-10-11-23-14-21-22-16(23)4-2;/h7-8,12,14H,3-6,9-11,13H2,1-2H3,(H2,18,19,20);1H. The Morgan fingerprint density at radius 3 is 2.80 bits per heavy atom. The van der Waals surface area contributed by atoms with E-state index >= 15 is 0 Å². The summed E-state index contributed by atoms with van der Waals surface area (Å²) in [5.41, 5.74) is 0. The van der Waals surface area contributed by atoms with Gasteiger partial charge in [-0.05, 0) is 18.6 Å². The number of hydrogen-bond donors (Lipinski definition) is 2. The fourth-order valence-corrected chi connectivity index (χ4v) is 2.35. The van der Waals surface area contributed by atoms with Crippen LogP contribution < -0.4 is 10.6 Å². The molecule has 0 atom stereocenters. The number of guanidine groups is 1. The topological polar surface area (TPSA) is 80.3 Å². The molecule has 0 bridgehead atoms. The molecule has 2 heterocycles. The highest BCUT2D eigenvalue weighted by molar-refractivity contribution is 14.0. The Labute approximate surface area is 166 Å². The maximum absolute atomic E-state index is 5.34. The lowest BCUT2D eigenvalue weighted by Gasteiger charge is -2.13. The van der Waals surface area contributed by atoms with Gasteiger partial charge < -0.3 is 19.6 Å². The summed E-state index contributed by atoms with van der Waals surface area (Å²) in [5.74, 6) is 2.67. The number of aryl methyl sites for hydroxylation is 1. The van der Waals surface area contributed by atoms with Crippen molar-refractivity contribution in [1.29, 1.82) is 0 Å². The molecule has 8 heteroatoms. The number of nitrogens with one attached hydrogen (secondary N) is 2. The van der Waals surface area contributed by atoms with Crippen LogP contribution in [0.1, 0.15) is 44.7 Å². The number of unbranched alkanes of at least 4 members (excludes halogenated alkanes) is 2. The number of aromatic nitrogens is 3. The van der Waals surface area contributed by atoms with Crippen molar-refractivity contribution in [1.82, 2.24) is 25.4 Å². The van der Waals surface area contributed by atoms with E-state index < -0.39 is 0 Å². The van der Waals surface area contributed by atoms with Crippen LogP contribution in [0.5, 0.6) is 0 Å². The van der Waals surface area contributed by atoms with Crippen molar-refractivity contribution in [3.8, 4) is 0 Å². The number of furan rings is 1. The Morgan fingerprint density at radius 1 is 1.24 bits per heavy atom. The average molecular weight is 460 g/mol. The van der Waals surface area contributed by atoms with Crippen LogP contribution in [0.2, 0.25) is 0 Å². The van der Waals surface area contributed by atoms with Crippen LogP contribution in [0.4, 0.5) is 0 Å². The lowest BCUT2D eigenvalue weighted by molar-refractivity contribution is 0.511. The van der Waals surface area contributed by atoms with Crippen molar-refractivity contribution >= 4 is 29.9 Å². The minimum absolute atomic E-state index is 0. The fourth-order valence-electron chi connectivity index (χ4n) is 2.35. The molecular formula is C17H29IN6O. The number of nitrogens with zero attached hydrogens (tertiary/aromatic N) is 4.